The molecule has 1 aliphatic heterocycles. The lowest BCUT2D eigenvalue weighted by molar-refractivity contribution is -0.450. The van der Waals surface area contributed by atoms with Crippen LogP contribution in [0, 0.1) is 0 Å². The van der Waals surface area contributed by atoms with Crippen LogP contribution in [0.3, 0.4) is 0 Å². The number of fused-ring (bicyclic) bond motifs is 2. The molecule has 0 atom stereocenters. The molecule has 3 N–H and O–H groups in total. The third-order valence-electron chi connectivity index (χ3n) is 6.53. The van der Waals surface area contributed by atoms with Crippen LogP contribution in [-0.4, -0.2) is 103 Å². The van der Waals surface area contributed by atoms with Crippen molar-refractivity contribution in [2.45, 2.75) is 26.9 Å². The summed E-state index contributed by atoms with van der Waals surface area (Å²) in [5, 5.41) is 2.24. The first-order valence-electron chi connectivity index (χ1n) is 12.4. The molecule has 2 aromatic carbocycles. The van der Waals surface area contributed by atoms with Gasteiger partial charge in [-0.3, -0.25) is 9.11 Å². The number of benzene rings is 2. The summed E-state index contributed by atoms with van der Waals surface area (Å²) in [6, 6.07) is 12.0. The van der Waals surface area contributed by atoms with E-state index in [-0.39, 0.29) is 6.54 Å². The van der Waals surface area contributed by atoms with Crippen molar-refractivity contribution in [3.63, 3.8) is 0 Å². The van der Waals surface area contributed by atoms with Gasteiger partial charge in [-0.1, -0.05) is 13.1 Å². The molecule has 240 valence electrons. The average Bonchev–Trinajstić information content (AvgIpc) is 2.86. The summed E-state index contributed by atoms with van der Waals surface area (Å²) in [7, 11) is -14.8. The zero-order valence-corrected chi connectivity index (χ0v) is 28.3. The molecule has 15 nitrogen and oxygen atoms in total. The van der Waals surface area contributed by atoms with Gasteiger partial charge in [0.2, 0.25) is 5.71 Å². The molecule has 0 amide bonds. The van der Waals surface area contributed by atoms with Crippen LogP contribution < -0.4 is 25.2 Å². The molecule has 0 saturated carbocycles. The molecule has 0 fully saturated rings. The van der Waals surface area contributed by atoms with Crippen LogP contribution >= 0.6 is 0 Å². The molecular weight excluding hydrogens is 667 g/mol. The van der Waals surface area contributed by atoms with Crippen LogP contribution in [0.2, 0.25) is 13.1 Å². The van der Waals surface area contributed by atoms with Crippen LogP contribution in [0.15, 0.2) is 36.4 Å². The number of hydrogen-bond donors (Lipinski definition) is 3. The molecule has 1 aliphatic rings. The monoisotopic (exact) mass is 700 g/mol. The number of rotatable bonds is 9. The minimum atomic E-state index is -4.20. The first-order chi connectivity index (χ1) is 19.6. The Bertz CT molecular complexity index is 1750. The van der Waals surface area contributed by atoms with Crippen molar-refractivity contribution in [1.82, 2.24) is 0 Å². The van der Waals surface area contributed by atoms with E-state index >= 15 is 0 Å². The van der Waals surface area contributed by atoms with E-state index < -0.39 is 61.2 Å². The van der Waals surface area contributed by atoms with Crippen molar-refractivity contribution in [3.05, 3.63) is 47.5 Å². The Morgan fingerprint density at radius 3 is 1.60 bits per heavy atom. The fraction of sp³-hybridized carbons (Fsp3) is 0.435. The molecule has 0 radical (unpaired) electrons. The SMILES string of the molecule is CCN(C)c1ccc2c(c1)[Si](C)(C)c1cc(N(CC)CS(=O)(=O)O)ccc1C2=[NH+]CCS(=O)(=O)O.O=S(=O)=O.O=S(=O)=O. The minimum absolute atomic E-state index is 0.0389. The maximum atomic E-state index is 11.6. The summed E-state index contributed by atoms with van der Waals surface area (Å²) >= 11 is 0. The predicted octanol–water partition coefficient (Wildman–Crippen LogP) is -2.25. The fourth-order valence-electron chi connectivity index (χ4n) is 4.48. The molecule has 43 heavy (non-hydrogen) atoms. The predicted molar refractivity (Wildman–Crippen MR) is 163 cm³/mol. The quantitative estimate of drug-likeness (QED) is 0.185. The molecule has 0 bridgehead atoms. The van der Waals surface area contributed by atoms with Crippen LogP contribution in [0.5, 0.6) is 0 Å². The number of nitrogens with one attached hydrogen (secondary N) is 1. The summed E-state index contributed by atoms with van der Waals surface area (Å²) in [5.41, 5.74) is 4.46. The van der Waals surface area contributed by atoms with Crippen LogP contribution in [-0.2, 0) is 41.5 Å². The van der Waals surface area contributed by atoms with E-state index in [2.05, 4.69) is 42.0 Å². The molecule has 1 heterocycles. The lowest BCUT2D eigenvalue weighted by Gasteiger charge is -2.34. The Kier molecular flexibility index (Phi) is 13.8. The highest BCUT2D eigenvalue weighted by atomic mass is 32.2. The van der Waals surface area contributed by atoms with Gasteiger partial charge in [-0.15, -0.1) is 25.3 Å². The van der Waals surface area contributed by atoms with Crippen LogP contribution in [0.4, 0.5) is 11.4 Å². The molecule has 2 aromatic rings. The Morgan fingerprint density at radius 1 is 0.767 bits per heavy atom. The third kappa shape index (κ3) is 11.9. The van der Waals surface area contributed by atoms with Gasteiger partial charge in [-0.05, 0) is 60.6 Å². The maximum Gasteiger partial charge on any atom is 0.425 e. The second-order valence-corrected chi connectivity index (χ2v) is 17.8. The van der Waals surface area contributed by atoms with Crippen molar-refractivity contribution >= 4 is 77.0 Å². The normalized spacial score (nSPS) is 14.2. The summed E-state index contributed by atoms with van der Waals surface area (Å²) < 4.78 is 115. The van der Waals surface area contributed by atoms with E-state index in [0.717, 1.165) is 34.3 Å². The van der Waals surface area contributed by atoms with Crippen LogP contribution in [0.25, 0.3) is 0 Å². The van der Waals surface area contributed by atoms with Gasteiger partial charge in [0.1, 0.15) is 19.7 Å². The van der Waals surface area contributed by atoms with Gasteiger partial charge >= 0.3 is 21.2 Å². The number of nitrogens with zero attached hydrogens (tertiary/aromatic N) is 2. The highest BCUT2D eigenvalue weighted by molar-refractivity contribution is 7.86. The smallest absolute Gasteiger partial charge is 0.375 e. The van der Waals surface area contributed by atoms with Gasteiger partial charge in [-0.2, -0.15) is 16.8 Å². The molecule has 0 saturated heterocycles. The first-order valence-corrected chi connectivity index (χ1v) is 20.7. The van der Waals surface area contributed by atoms with Crippen molar-refractivity contribution in [2.75, 3.05) is 48.1 Å². The van der Waals surface area contributed by atoms with Gasteiger partial charge in [-0.25, -0.2) is 4.99 Å². The average molecular weight is 701 g/mol. The first kappa shape index (κ1) is 38.0. The summed E-state index contributed by atoms with van der Waals surface area (Å²) in [6.07, 6.45) is 0. The molecule has 0 spiro atoms. The third-order valence-corrected chi connectivity index (χ3v) is 11.4. The van der Waals surface area contributed by atoms with Gasteiger partial charge in [0, 0.05) is 42.6 Å². The highest BCUT2D eigenvalue weighted by Crippen LogP contribution is 2.25. The molecule has 0 unspecified atom stereocenters. The van der Waals surface area contributed by atoms with E-state index in [1.165, 1.54) is 5.19 Å². The molecule has 0 aromatic heterocycles. The second-order valence-electron chi connectivity index (χ2n) is 9.66. The van der Waals surface area contributed by atoms with Crippen molar-refractivity contribution in [3.8, 4) is 0 Å². The van der Waals surface area contributed by atoms with Gasteiger partial charge in [0.15, 0.2) is 6.54 Å². The summed E-state index contributed by atoms with van der Waals surface area (Å²) in [4.78, 5) is 6.97. The summed E-state index contributed by atoms with van der Waals surface area (Å²) in [5.74, 6) is -0.926. The standard InChI is InChI=1S/C23H33N3O6S2Si.2O3S/c1-6-25(3)17-8-10-19-21(14-17)35(4,5)22-15-18(26(7-2)16-34(30,31)32)9-11-20(22)23(19)24-12-13-33(27,28)29;2*1-4(2)3/h8-11,14-15H,6-7,12-13,16H2,1-5H3,(H,27,28,29)(H,30,31,32);;/p+1. The lowest BCUT2D eigenvalue weighted by Crippen LogP contribution is -2.78. The summed E-state index contributed by atoms with van der Waals surface area (Å²) in [6.45, 7) is 9.64. The van der Waals surface area contributed by atoms with Gasteiger partial charge in [0.05, 0.1) is 0 Å². The van der Waals surface area contributed by atoms with Crippen LogP contribution in [0.1, 0.15) is 25.0 Å². The highest BCUT2D eigenvalue weighted by Gasteiger charge is 2.40. The van der Waals surface area contributed by atoms with E-state index in [1.54, 1.807) is 4.90 Å². The maximum absolute atomic E-state index is 11.6. The van der Waals surface area contributed by atoms with Crippen molar-refractivity contribution in [2.24, 2.45) is 0 Å². The second kappa shape index (κ2) is 15.6. The number of anilines is 2. The Labute approximate surface area is 254 Å². The zero-order chi connectivity index (χ0) is 33.3. The van der Waals surface area contributed by atoms with Gasteiger partial charge < -0.3 is 9.80 Å². The zero-order valence-electron chi connectivity index (χ0n) is 24.0. The van der Waals surface area contributed by atoms with E-state index in [1.807, 2.05) is 38.2 Å². The molecule has 3 rings (SSSR count). The molecule has 20 heteroatoms. The Hall–Kier alpha value is -3.01. The minimum Gasteiger partial charge on any atom is -0.375 e. The fourth-order valence-corrected chi connectivity index (χ4v) is 8.64. The largest absolute Gasteiger partial charge is 0.425 e. The van der Waals surface area contributed by atoms with Crippen molar-refractivity contribution in [1.29, 1.82) is 0 Å². The Balaban J connectivity index is 0.00000103. The molecular formula is C23H34N3O12S4Si+. The number of hydrogen-bond acceptors (Lipinski definition) is 12. The van der Waals surface area contributed by atoms with E-state index in [9.17, 15) is 25.9 Å². The van der Waals surface area contributed by atoms with E-state index in [0.29, 0.717) is 12.2 Å². The lowest BCUT2D eigenvalue weighted by atomic mass is 10.00. The van der Waals surface area contributed by atoms with E-state index in [4.69, 9.17) is 25.3 Å². The van der Waals surface area contributed by atoms with Crippen molar-refractivity contribution < 1.29 is 56.2 Å². The van der Waals surface area contributed by atoms with Gasteiger partial charge in [0.25, 0.3) is 20.2 Å². The molecule has 0 aliphatic carbocycles. The topological polar surface area (TPSA) is 232 Å². The Morgan fingerprint density at radius 2 is 1.21 bits per heavy atom.